The van der Waals surface area contributed by atoms with Crippen molar-refractivity contribution in [1.29, 1.82) is 0 Å². The average Bonchev–Trinajstić information content (AvgIpc) is 2.20. The minimum absolute atomic E-state index is 0.0639. The molecule has 1 rings (SSSR count). The molecule has 0 radical (unpaired) electrons. The number of halogens is 4. The molecule has 1 N–H and O–H groups in total. The van der Waals surface area contributed by atoms with Crippen LogP contribution in [0.1, 0.15) is 12.0 Å². The second-order valence-corrected chi connectivity index (χ2v) is 4.73. The van der Waals surface area contributed by atoms with Gasteiger partial charge in [-0.15, -0.1) is 0 Å². The van der Waals surface area contributed by atoms with Crippen LogP contribution in [-0.2, 0) is 6.54 Å². The fourth-order valence-electron chi connectivity index (χ4n) is 1.37. The van der Waals surface area contributed by atoms with Crippen molar-refractivity contribution in [2.75, 3.05) is 13.6 Å². The highest BCUT2D eigenvalue weighted by atomic mass is 79.9. The number of aromatic hydroxyl groups is 1. The molecule has 0 aliphatic rings. The summed E-state index contributed by atoms with van der Waals surface area (Å²) in [6, 6.07) is 4.72. The van der Waals surface area contributed by atoms with Crippen molar-refractivity contribution in [3.63, 3.8) is 0 Å². The van der Waals surface area contributed by atoms with E-state index in [4.69, 9.17) is 0 Å². The van der Waals surface area contributed by atoms with Gasteiger partial charge in [0.25, 0.3) is 0 Å². The summed E-state index contributed by atoms with van der Waals surface area (Å²) in [4.78, 5) is 1.56. The molecule has 6 heteroatoms. The standard InChI is InChI=1S/C11H13BrF3NO/c1-16(5-4-11(13,14)15)7-8-6-9(17)2-3-10(8)12/h2-3,6,17H,4-5,7H2,1H3. The summed E-state index contributed by atoms with van der Waals surface area (Å²) in [5.41, 5.74) is 0.759. The number of phenols is 1. The maximum absolute atomic E-state index is 12.0. The first kappa shape index (κ1) is 14.3. The molecule has 1 aromatic rings. The van der Waals surface area contributed by atoms with E-state index < -0.39 is 12.6 Å². The molecule has 0 bridgehead atoms. The molecule has 0 saturated carbocycles. The van der Waals surface area contributed by atoms with Gasteiger partial charge in [0.15, 0.2) is 0 Å². The number of phenolic OH excluding ortho intramolecular Hbond substituents is 1. The molecule has 0 atom stereocenters. The van der Waals surface area contributed by atoms with E-state index >= 15 is 0 Å². The molecule has 0 heterocycles. The fourth-order valence-corrected chi connectivity index (χ4v) is 1.74. The quantitative estimate of drug-likeness (QED) is 0.919. The van der Waals surface area contributed by atoms with E-state index in [1.165, 1.54) is 12.1 Å². The molecule has 0 aliphatic carbocycles. The van der Waals surface area contributed by atoms with Crippen LogP contribution in [0.25, 0.3) is 0 Å². The predicted octanol–water partition coefficient (Wildman–Crippen LogP) is 3.54. The normalized spacial score (nSPS) is 12.1. The Balaban J connectivity index is 2.56. The summed E-state index contributed by atoms with van der Waals surface area (Å²) < 4.78 is 36.8. The summed E-state index contributed by atoms with van der Waals surface area (Å²) in [6.45, 7) is 0.288. The van der Waals surface area contributed by atoms with Crippen molar-refractivity contribution in [3.05, 3.63) is 28.2 Å². The van der Waals surface area contributed by atoms with Crippen LogP contribution in [0.15, 0.2) is 22.7 Å². The molecular weight excluding hydrogens is 299 g/mol. The van der Waals surface area contributed by atoms with E-state index in [-0.39, 0.29) is 12.3 Å². The Kier molecular flexibility index (Phi) is 4.82. The molecule has 96 valence electrons. The van der Waals surface area contributed by atoms with Crippen LogP contribution >= 0.6 is 15.9 Å². The number of benzene rings is 1. The van der Waals surface area contributed by atoms with Gasteiger partial charge in [-0.2, -0.15) is 13.2 Å². The fraction of sp³-hybridized carbons (Fsp3) is 0.455. The molecule has 0 amide bonds. The summed E-state index contributed by atoms with van der Waals surface area (Å²) in [5, 5.41) is 9.29. The van der Waals surface area contributed by atoms with Crippen LogP contribution in [0.3, 0.4) is 0 Å². The predicted molar refractivity (Wildman–Crippen MR) is 62.8 cm³/mol. The zero-order valence-electron chi connectivity index (χ0n) is 9.26. The van der Waals surface area contributed by atoms with Gasteiger partial charge in [0.1, 0.15) is 5.75 Å². The van der Waals surface area contributed by atoms with Crippen LogP contribution in [0.5, 0.6) is 5.75 Å². The van der Waals surface area contributed by atoms with Crippen LogP contribution < -0.4 is 0 Å². The molecule has 0 unspecified atom stereocenters. The van der Waals surface area contributed by atoms with Gasteiger partial charge in [0.2, 0.25) is 0 Å². The average molecular weight is 312 g/mol. The summed E-state index contributed by atoms with van der Waals surface area (Å²) in [6.07, 6.45) is -4.97. The lowest BCUT2D eigenvalue weighted by Crippen LogP contribution is -2.24. The third kappa shape index (κ3) is 5.41. The Morgan fingerprint density at radius 1 is 1.35 bits per heavy atom. The second kappa shape index (κ2) is 5.73. The van der Waals surface area contributed by atoms with Crippen molar-refractivity contribution in [2.24, 2.45) is 0 Å². The molecule has 1 aromatic carbocycles. The Labute approximate surface area is 106 Å². The maximum Gasteiger partial charge on any atom is 0.390 e. The van der Waals surface area contributed by atoms with Gasteiger partial charge in [0.05, 0.1) is 6.42 Å². The molecule has 0 saturated heterocycles. The number of hydrogen-bond donors (Lipinski definition) is 1. The first-order chi connectivity index (χ1) is 7.78. The Morgan fingerprint density at radius 2 is 2.00 bits per heavy atom. The lowest BCUT2D eigenvalue weighted by molar-refractivity contribution is -0.137. The van der Waals surface area contributed by atoms with Gasteiger partial charge in [0, 0.05) is 17.6 Å². The summed E-state index contributed by atoms with van der Waals surface area (Å²) >= 11 is 3.29. The molecule has 0 aliphatic heterocycles. The highest BCUT2D eigenvalue weighted by Crippen LogP contribution is 2.24. The van der Waals surface area contributed by atoms with Crippen molar-refractivity contribution in [1.82, 2.24) is 4.90 Å². The number of nitrogens with zero attached hydrogens (tertiary/aromatic N) is 1. The van der Waals surface area contributed by atoms with Crippen LogP contribution in [0.2, 0.25) is 0 Å². The van der Waals surface area contributed by atoms with E-state index in [1.54, 1.807) is 18.0 Å². The number of hydrogen-bond acceptors (Lipinski definition) is 2. The Morgan fingerprint density at radius 3 is 2.59 bits per heavy atom. The Bertz CT molecular complexity index is 381. The zero-order valence-corrected chi connectivity index (χ0v) is 10.8. The van der Waals surface area contributed by atoms with Gasteiger partial charge >= 0.3 is 6.18 Å². The van der Waals surface area contributed by atoms with E-state index in [2.05, 4.69) is 15.9 Å². The molecule has 0 spiro atoms. The lowest BCUT2D eigenvalue weighted by atomic mass is 10.2. The highest BCUT2D eigenvalue weighted by molar-refractivity contribution is 9.10. The molecule has 0 aromatic heterocycles. The van der Waals surface area contributed by atoms with E-state index in [0.29, 0.717) is 6.54 Å². The van der Waals surface area contributed by atoms with E-state index in [1.807, 2.05) is 0 Å². The molecule has 17 heavy (non-hydrogen) atoms. The Hall–Kier alpha value is -0.750. The molecule has 0 fully saturated rings. The number of rotatable bonds is 4. The van der Waals surface area contributed by atoms with Crippen molar-refractivity contribution < 1.29 is 18.3 Å². The monoisotopic (exact) mass is 311 g/mol. The van der Waals surface area contributed by atoms with Gasteiger partial charge in [-0.1, -0.05) is 15.9 Å². The zero-order chi connectivity index (χ0) is 13.1. The third-order valence-corrected chi connectivity index (χ3v) is 3.02. The van der Waals surface area contributed by atoms with Gasteiger partial charge in [-0.25, -0.2) is 0 Å². The second-order valence-electron chi connectivity index (χ2n) is 3.88. The number of alkyl halides is 3. The van der Waals surface area contributed by atoms with Gasteiger partial charge < -0.3 is 10.0 Å². The topological polar surface area (TPSA) is 23.5 Å². The molecular formula is C11H13BrF3NO. The summed E-state index contributed by atoms with van der Waals surface area (Å²) in [5.74, 6) is 0.104. The SMILES string of the molecule is CN(CCC(F)(F)F)Cc1cc(O)ccc1Br. The minimum Gasteiger partial charge on any atom is -0.508 e. The van der Waals surface area contributed by atoms with Crippen LogP contribution in [0.4, 0.5) is 13.2 Å². The summed E-state index contributed by atoms with van der Waals surface area (Å²) in [7, 11) is 1.61. The lowest BCUT2D eigenvalue weighted by Gasteiger charge is -2.18. The van der Waals surface area contributed by atoms with Crippen molar-refractivity contribution in [2.45, 2.75) is 19.1 Å². The van der Waals surface area contributed by atoms with Crippen molar-refractivity contribution >= 4 is 15.9 Å². The van der Waals surface area contributed by atoms with Crippen molar-refractivity contribution in [3.8, 4) is 5.75 Å². The van der Waals surface area contributed by atoms with Crippen LogP contribution in [0, 0.1) is 0 Å². The van der Waals surface area contributed by atoms with E-state index in [0.717, 1.165) is 10.0 Å². The first-order valence-electron chi connectivity index (χ1n) is 5.00. The van der Waals surface area contributed by atoms with E-state index in [9.17, 15) is 18.3 Å². The third-order valence-electron chi connectivity index (χ3n) is 2.25. The van der Waals surface area contributed by atoms with Crippen LogP contribution in [-0.4, -0.2) is 29.8 Å². The molecule has 2 nitrogen and oxygen atoms in total. The maximum atomic E-state index is 12.0. The first-order valence-corrected chi connectivity index (χ1v) is 5.80. The largest absolute Gasteiger partial charge is 0.508 e. The smallest absolute Gasteiger partial charge is 0.390 e. The van der Waals surface area contributed by atoms with Gasteiger partial charge in [-0.3, -0.25) is 0 Å². The minimum atomic E-state index is -4.13. The van der Waals surface area contributed by atoms with Gasteiger partial charge in [-0.05, 0) is 30.8 Å². The highest BCUT2D eigenvalue weighted by Gasteiger charge is 2.27.